The summed E-state index contributed by atoms with van der Waals surface area (Å²) in [5, 5.41) is 0. The van der Waals surface area contributed by atoms with E-state index in [2.05, 4.69) is 0 Å². The number of carbonyl (C=O) groups is 2. The fourth-order valence-electron chi connectivity index (χ4n) is 3.58. The smallest absolute Gasteiger partial charge is 0.268 e. The fourth-order valence-corrected chi connectivity index (χ4v) is 4.96. The molecular weight excluding hydrogens is 352 g/mol. The number of likely N-dealkylation sites (N-methyl/N-ethyl adjacent to an activating group) is 1. The van der Waals surface area contributed by atoms with Crippen LogP contribution in [0, 0.1) is 0 Å². The highest BCUT2D eigenvalue weighted by Crippen LogP contribution is 2.55. The Morgan fingerprint density at radius 3 is 2.35 bits per heavy atom. The summed E-state index contributed by atoms with van der Waals surface area (Å²) < 4.78 is 10.7. The summed E-state index contributed by atoms with van der Waals surface area (Å²) in [4.78, 5) is 28.2. The normalized spacial score (nSPS) is 21.5. The second kappa shape index (κ2) is 5.95. The van der Waals surface area contributed by atoms with Crippen molar-refractivity contribution in [3.8, 4) is 11.5 Å². The lowest BCUT2D eigenvalue weighted by molar-refractivity contribution is -0.123. The fraction of sp³-hybridized carbons (Fsp3) is 0.263. The average molecular weight is 370 g/mol. The van der Waals surface area contributed by atoms with Crippen LogP contribution in [0.2, 0.25) is 0 Å². The van der Waals surface area contributed by atoms with E-state index in [1.165, 1.54) is 11.8 Å². The third-order valence-electron chi connectivity index (χ3n) is 4.79. The minimum atomic E-state index is -1.10. The molecule has 1 saturated heterocycles. The van der Waals surface area contributed by atoms with Gasteiger partial charge in [-0.15, -0.1) is 11.8 Å². The van der Waals surface area contributed by atoms with Gasteiger partial charge in [0.1, 0.15) is 11.5 Å². The SMILES string of the molecule is COc1cc(OC)cc(N2C(=O)CSC23C(=O)N(C)c2ccccc23)c1. The molecule has 134 valence electrons. The van der Waals surface area contributed by atoms with Crippen molar-refractivity contribution in [1.29, 1.82) is 0 Å². The third kappa shape index (κ3) is 2.13. The van der Waals surface area contributed by atoms with Crippen LogP contribution >= 0.6 is 11.8 Å². The first-order valence-electron chi connectivity index (χ1n) is 8.10. The van der Waals surface area contributed by atoms with Crippen molar-refractivity contribution < 1.29 is 19.1 Å². The Morgan fingerprint density at radius 1 is 1.04 bits per heavy atom. The quantitative estimate of drug-likeness (QED) is 0.831. The first-order chi connectivity index (χ1) is 12.5. The van der Waals surface area contributed by atoms with E-state index in [0.29, 0.717) is 17.2 Å². The molecule has 2 amide bonds. The van der Waals surface area contributed by atoms with E-state index < -0.39 is 4.87 Å². The van der Waals surface area contributed by atoms with E-state index in [-0.39, 0.29) is 17.6 Å². The molecule has 4 rings (SSSR count). The van der Waals surface area contributed by atoms with E-state index in [4.69, 9.17) is 9.47 Å². The van der Waals surface area contributed by atoms with Crippen LogP contribution in [-0.4, -0.2) is 38.8 Å². The first-order valence-corrected chi connectivity index (χ1v) is 9.09. The van der Waals surface area contributed by atoms with Gasteiger partial charge in [0.2, 0.25) is 10.8 Å². The molecule has 0 radical (unpaired) electrons. The van der Waals surface area contributed by atoms with Crippen molar-refractivity contribution in [3.63, 3.8) is 0 Å². The summed E-state index contributed by atoms with van der Waals surface area (Å²) in [7, 11) is 4.85. The van der Waals surface area contributed by atoms with Crippen LogP contribution in [0.4, 0.5) is 11.4 Å². The van der Waals surface area contributed by atoms with E-state index in [9.17, 15) is 9.59 Å². The number of nitrogens with zero attached hydrogens (tertiary/aromatic N) is 2. The molecular formula is C19H18N2O4S. The molecule has 26 heavy (non-hydrogen) atoms. The maximum absolute atomic E-state index is 13.3. The molecule has 1 unspecified atom stereocenters. The molecule has 0 aromatic heterocycles. The molecule has 0 bridgehead atoms. The molecule has 7 heteroatoms. The van der Waals surface area contributed by atoms with E-state index in [1.54, 1.807) is 49.3 Å². The number of fused-ring (bicyclic) bond motifs is 2. The Bertz CT molecular complexity index is 894. The van der Waals surface area contributed by atoms with Crippen molar-refractivity contribution in [1.82, 2.24) is 0 Å². The van der Waals surface area contributed by atoms with Gasteiger partial charge in [-0.25, -0.2) is 0 Å². The number of ether oxygens (including phenoxy) is 2. The zero-order valence-corrected chi connectivity index (χ0v) is 15.5. The second-order valence-corrected chi connectivity index (χ2v) is 7.28. The van der Waals surface area contributed by atoms with Crippen molar-refractivity contribution >= 4 is 35.0 Å². The van der Waals surface area contributed by atoms with Crippen LogP contribution in [0.15, 0.2) is 42.5 Å². The topological polar surface area (TPSA) is 59.1 Å². The summed E-state index contributed by atoms with van der Waals surface area (Å²) in [6.07, 6.45) is 0. The van der Waals surface area contributed by atoms with Crippen LogP contribution in [0.25, 0.3) is 0 Å². The lowest BCUT2D eigenvalue weighted by Gasteiger charge is -2.33. The summed E-state index contributed by atoms with van der Waals surface area (Å²) in [5.41, 5.74) is 2.22. The Labute approximate surface area is 155 Å². The van der Waals surface area contributed by atoms with Crippen molar-refractivity contribution in [2.75, 3.05) is 36.8 Å². The Kier molecular flexibility index (Phi) is 3.84. The molecule has 2 aromatic carbocycles. The van der Waals surface area contributed by atoms with Gasteiger partial charge in [0.05, 0.1) is 31.3 Å². The summed E-state index contributed by atoms with van der Waals surface area (Å²) in [6.45, 7) is 0. The van der Waals surface area contributed by atoms with Gasteiger partial charge in [-0.1, -0.05) is 18.2 Å². The Balaban J connectivity index is 1.94. The Morgan fingerprint density at radius 2 is 1.69 bits per heavy atom. The largest absolute Gasteiger partial charge is 0.497 e. The lowest BCUT2D eigenvalue weighted by Crippen LogP contribution is -2.49. The van der Waals surface area contributed by atoms with Crippen LogP contribution in [0.3, 0.4) is 0 Å². The molecule has 0 aliphatic carbocycles. The molecule has 2 heterocycles. The van der Waals surface area contributed by atoms with Gasteiger partial charge in [0, 0.05) is 30.8 Å². The number of carbonyl (C=O) groups excluding carboxylic acids is 2. The highest BCUT2D eigenvalue weighted by Gasteiger charge is 2.60. The van der Waals surface area contributed by atoms with Gasteiger partial charge in [-0.3, -0.25) is 14.5 Å². The molecule has 2 aliphatic rings. The monoisotopic (exact) mass is 370 g/mol. The molecule has 1 spiro atoms. The highest BCUT2D eigenvalue weighted by atomic mass is 32.2. The van der Waals surface area contributed by atoms with E-state index in [0.717, 1.165) is 11.3 Å². The Hall–Kier alpha value is -2.67. The molecule has 6 nitrogen and oxygen atoms in total. The van der Waals surface area contributed by atoms with Crippen LogP contribution < -0.4 is 19.3 Å². The number of anilines is 2. The van der Waals surface area contributed by atoms with Crippen molar-refractivity contribution in [2.45, 2.75) is 4.87 Å². The van der Waals surface area contributed by atoms with Crippen LogP contribution in [0.1, 0.15) is 5.56 Å². The van der Waals surface area contributed by atoms with Gasteiger partial charge in [0.25, 0.3) is 5.91 Å². The summed E-state index contributed by atoms with van der Waals surface area (Å²) in [5.74, 6) is 1.10. The van der Waals surface area contributed by atoms with E-state index in [1.807, 2.05) is 24.3 Å². The minimum absolute atomic E-state index is 0.122. The van der Waals surface area contributed by atoms with Gasteiger partial charge < -0.3 is 14.4 Å². The number of amides is 2. The van der Waals surface area contributed by atoms with Gasteiger partial charge >= 0.3 is 0 Å². The molecule has 0 saturated carbocycles. The molecule has 2 aromatic rings. The zero-order valence-electron chi connectivity index (χ0n) is 14.7. The highest BCUT2D eigenvalue weighted by molar-refractivity contribution is 8.02. The second-order valence-electron chi connectivity index (χ2n) is 6.11. The van der Waals surface area contributed by atoms with Gasteiger partial charge in [-0.05, 0) is 6.07 Å². The van der Waals surface area contributed by atoms with Crippen LogP contribution in [0.5, 0.6) is 11.5 Å². The number of rotatable bonds is 3. The molecule has 2 aliphatic heterocycles. The zero-order chi connectivity index (χ0) is 18.5. The first kappa shape index (κ1) is 16.8. The number of hydrogen-bond donors (Lipinski definition) is 0. The predicted octanol–water partition coefficient (Wildman–Crippen LogP) is 2.61. The molecule has 0 N–H and O–H groups in total. The third-order valence-corrected chi connectivity index (χ3v) is 6.17. The van der Waals surface area contributed by atoms with Crippen molar-refractivity contribution in [2.24, 2.45) is 0 Å². The molecule has 1 atom stereocenters. The summed E-state index contributed by atoms with van der Waals surface area (Å²) >= 11 is 1.35. The molecule has 1 fully saturated rings. The number of thioether (sulfide) groups is 1. The minimum Gasteiger partial charge on any atom is -0.497 e. The van der Waals surface area contributed by atoms with Crippen molar-refractivity contribution in [3.05, 3.63) is 48.0 Å². The maximum Gasteiger partial charge on any atom is 0.268 e. The van der Waals surface area contributed by atoms with Gasteiger partial charge in [-0.2, -0.15) is 0 Å². The standard InChI is InChI=1S/C19H18N2O4S/c1-20-16-7-5-4-6-15(16)19(18(20)23)21(17(22)11-26-19)12-8-13(24-2)10-14(9-12)25-3/h4-10H,11H2,1-3H3. The summed E-state index contributed by atoms with van der Waals surface area (Å²) in [6, 6.07) is 12.8. The van der Waals surface area contributed by atoms with Gasteiger partial charge in [0.15, 0.2) is 0 Å². The predicted molar refractivity (Wildman–Crippen MR) is 101 cm³/mol. The maximum atomic E-state index is 13.3. The number of methoxy groups -OCH3 is 2. The number of hydrogen-bond acceptors (Lipinski definition) is 5. The van der Waals surface area contributed by atoms with Crippen LogP contribution in [-0.2, 0) is 14.5 Å². The number of para-hydroxylation sites is 1. The average Bonchev–Trinajstić information content (AvgIpc) is 3.13. The van der Waals surface area contributed by atoms with E-state index >= 15 is 0 Å². The number of benzene rings is 2. The lowest BCUT2D eigenvalue weighted by atomic mass is 10.0.